The fourth-order valence-electron chi connectivity index (χ4n) is 2.15. The van der Waals surface area contributed by atoms with E-state index < -0.39 is 24.5 Å². The topological polar surface area (TPSA) is 93.7 Å². The van der Waals surface area contributed by atoms with E-state index in [-0.39, 0.29) is 11.5 Å². The monoisotopic (exact) mass is 384 g/mol. The number of imide groups is 1. The summed E-state index contributed by atoms with van der Waals surface area (Å²) in [4.78, 5) is 35.1. The van der Waals surface area contributed by atoms with Crippen molar-refractivity contribution in [1.29, 1.82) is 0 Å². The second-order valence-corrected chi connectivity index (χ2v) is 6.53. The molecule has 7 nitrogen and oxygen atoms in total. The SMILES string of the molecule is CC(C)CNC(=O)NC(=O)COC(=O)c1ccc(OCc2ccccc2)cc1. The van der Waals surface area contributed by atoms with E-state index in [9.17, 15) is 14.4 Å². The standard InChI is InChI=1S/C21H24N2O5/c1-15(2)12-22-21(26)23-19(24)14-28-20(25)17-8-10-18(11-9-17)27-13-16-6-4-3-5-7-16/h3-11,15H,12-14H2,1-2H3,(H2,22,23,24,26). The molecule has 0 saturated heterocycles. The van der Waals surface area contributed by atoms with Crippen LogP contribution in [0.4, 0.5) is 4.79 Å². The maximum absolute atomic E-state index is 12.0. The third kappa shape index (κ3) is 7.49. The molecule has 28 heavy (non-hydrogen) atoms. The number of urea groups is 1. The number of ether oxygens (including phenoxy) is 2. The minimum Gasteiger partial charge on any atom is -0.489 e. The van der Waals surface area contributed by atoms with Crippen molar-refractivity contribution in [3.05, 3.63) is 65.7 Å². The number of carbonyl (C=O) groups excluding carboxylic acids is 3. The molecule has 2 aromatic carbocycles. The second kappa shape index (κ2) is 10.7. The van der Waals surface area contributed by atoms with Crippen LogP contribution < -0.4 is 15.4 Å². The number of benzene rings is 2. The Morgan fingerprint density at radius 2 is 1.64 bits per heavy atom. The molecule has 0 aliphatic heterocycles. The van der Waals surface area contributed by atoms with Crippen LogP contribution in [0.2, 0.25) is 0 Å². The van der Waals surface area contributed by atoms with Gasteiger partial charge in [-0.1, -0.05) is 44.2 Å². The molecule has 0 radical (unpaired) electrons. The molecule has 0 aromatic heterocycles. The van der Waals surface area contributed by atoms with Gasteiger partial charge in [0.05, 0.1) is 5.56 Å². The first-order valence-electron chi connectivity index (χ1n) is 8.95. The minimum absolute atomic E-state index is 0.262. The lowest BCUT2D eigenvalue weighted by Crippen LogP contribution is -2.42. The number of hydrogen-bond acceptors (Lipinski definition) is 5. The Kier molecular flexibility index (Phi) is 8.02. The number of esters is 1. The molecule has 0 aliphatic rings. The second-order valence-electron chi connectivity index (χ2n) is 6.53. The van der Waals surface area contributed by atoms with Gasteiger partial charge < -0.3 is 14.8 Å². The van der Waals surface area contributed by atoms with Gasteiger partial charge in [0, 0.05) is 6.54 Å². The Labute approximate surface area is 164 Å². The molecule has 148 valence electrons. The van der Waals surface area contributed by atoms with Crippen molar-refractivity contribution >= 4 is 17.9 Å². The Morgan fingerprint density at radius 1 is 0.964 bits per heavy atom. The Hall–Kier alpha value is -3.35. The third-order valence-electron chi connectivity index (χ3n) is 3.60. The smallest absolute Gasteiger partial charge is 0.338 e. The lowest BCUT2D eigenvalue weighted by molar-refractivity contribution is -0.123. The first-order valence-corrected chi connectivity index (χ1v) is 8.95. The van der Waals surface area contributed by atoms with Crippen LogP contribution in [-0.2, 0) is 16.1 Å². The van der Waals surface area contributed by atoms with Gasteiger partial charge in [-0.15, -0.1) is 0 Å². The van der Waals surface area contributed by atoms with Gasteiger partial charge >= 0.3 is 12.0 Å². The highest BCUT2D eigenvalue weighted by atomic mass is 16.5. The van der Waals surface area contributed by atoms with Crippen LogP contribution >= 0.6 is 0 Å². The molecular weight excluding hydrogens is 360 g/mol. The predicted octanol–water partition coefficient (Wildman–Crippen LogP) is 2.90. The van der Waals surface area contributed by atoms with E-state index in [1.54, 1.807) is 24.3 Å². The molecule has 0 heterocycles. The van der Waals surface area contributed by atoms with Crippen molar-refractivity contribution in [1.82, 2.24) is 10.6 Å². The first-order chi connectivity index (χ1) is 13.4. The Bertz CT molecular complexity index is 788. The van der Waals surface area contributed by atoms with Crippen LogP contribution in [0.3, 0.4) is 0 Å². The van der Waals surface area contributed by atoms with Crippen LogP contribution in [0, 0.1) is 5.92 Å². The van der Waals surface area contributed by atoms with Gasteiger partial charge in [-0.25, -0.2) is 9.59 Å². The van der Waals surface area contributed by atoms with Crippen molar-refractivity contribution in [2.75, 3.05) is 13.2 Å². The van der Waals surface area contributed by atoms with Crippen LogP contribution in [-0.4, -0.2) is 31.1 Å². The summed E-state index contributed by atoms with van der Waals surface area (Å²) >= 11 is 0. The van der Waals surface area contributed by atoms with Crippen molar-refractivity contribution < 1.29 is 23.9 Å². The van der Waals surface area contributed by atoms with Crippen LogP contribution in [0.1, 0.15) is 29.8 Å². The normalized spacial score (nSPS) is 10.2. The van der Waals surface area contributed by atoms with Gasteiger partial charge in [0.25, 0.3) is 5.91 Å². The Balaban J connectivity index is 1.74. The zero-order valence-corrected chi connectivity index (χ0v) is 15.9. The zero-order valence-electron chi connectivity index (χ0n) is 15.9. The molecular formula is C21H24N2O5. The lowest BCUT2D eigenvalue weighted by Gasteiger charge is -2.09. The molecule has 0 saturated carbocycles. The molecule has 0 spiro atoms. The molecule has 3 amide bonds. The molecule has 0 aliphatic carbocycles. The first kappa shape index (κ1) is 21.0. The highest BCUT2D eigenvalue weighted by Crippen LogP contribution is 2.15. The molecule has 2 N–H and O–H groups in total. The number of carbonyl (C=O) groups is 3. The van der Waals surface area contributed by atoms with Crippen molar-refractivity contribution in [2.45, 2.75) is 20.5 Å². The molecule has 0 unspecified atom stereocenters. The van der Waals surface area contributed by atoms with Gasteiger partial charge in [0.2, 0.25) is 0 Å². The fourth-order valence-corrected chi connectivity index (χ4v) is 2.15. The van der Waals surface area contributed by atoms with E-state index in [0.29, 0.717) is 18.9 Å². The predicted molar refractivity (Wildman–Crippen MR) is 104 cm³/mol. The van der Waals surface area contributed by atoms with E-state index in [4.69, 9.17) is 9.47 Å². The maximum Gasteiger partial charge on any atom is 0.338 e. The number of nitrogens with one attached hydrogen (secondary N) is 2. The van der Waals surface area contributed by atoms with Crippen LogP contribution in [0.15, 0.2) is 54.6 Å². The highest BCUT2D eigenvalue weighted by molar-refractivity contribution is 5.97. The van der Waals surface area contributed by atoms with Crippen molar-refractivity contribution in [2.24, 2.45) is 5.92 Å². The van der Waals surface area contributed by atoms with Gasteiger partial charge in [0.1, 0.15) is 12.4 Å². The zero-order chi connectivity index (χ0) is 20.4. The van der Waals surface area contributed by atoms with Gasteiger partial charge in [-0.05, 0) is 35.7 Å². The summed E-state index contributed by atoms with van der Waals surface area (Å²) in [6.07, 6.45) is 0. The van der Waals surface area contributed by atoms with Crippen molar-refractivity contribution in [3.8, 4) is 5.75 Å². The van der Waals surface area contributed by atoms with Crippen LogP contribution in [0.5, 0.6) is 5.75 Å². The fraction of sp³-hybridized carbons (Fsp3) is 0.286. The molecule has 0 fully saturated rings. The van der Waals surface area contributed by atoms with Gasteiger partial charge in [0.15, 0.2) is 6.61 Å². The summed E-state index contributed by atoms with van der Waals surface area (Å²) in [7, 11) is 0. The maximum atomic E-state index is 12.0. The molecule has 0 bridgehead atoms. The van der Waals surface area contributed by atoms with E-state index in [0.717, 1.165) is 5.56 Å². The van der Waals surface area contributed by atoms with E-state index in [2.05, 4.69) is 10.6 Å². The lowest BCUT2D eigenvalue weighted by atomic mass is 10.2. The molecule has 2 aromatic rings. The molecule has 7 heteroatoms. The van der Waals surface area contributed by atoms with E-state index in [1.807, 2.05) is 44.2 Å². The Morgan fingerprint density at radius 3 is 2.29 bits per heavy atom. The average Bonchev–Trinajstić information content (AvgIpc) is 2.70. The summed E-state index contributed by atoms with van der Waals surface area (Å²) in [6, 6.07) is 15.5. The summed E-state index contributed by atoms with van der Waals surface area (Å²) in [6.45, 7) is 4.19. The average molecular weight is 384 g/mol. The largest absolute Gasteiger partial charge is 0.489 e. The molecule has 2 rings (SSSR count). The van der Waals surface area contributed by atoms with E-state index >= 15 is 0 Å². The van der Waals surface area contributed by atoms with E-state index in [1.165, 1.54) is 0 Å². The van der Waals surface area contributed by atoms with Crippen molar-refractivity contribution in [3.63, 3.8) is 0 Å². The molecule has 0 atom stereocenters. The van der Waals surface area contributed by atoms with Gasteiger partial charge in [-0.3, -0.25) is 10.1 Å². The third-order valence-corrected chi connectivity index (χ3v) is 3.60. The summed E-state index contributed by atoms with van der Waals surface area (Å²) < 4.78 is 10.6. The number of hydrogen-bond donors (Lipinski definition) is 2. The summed E-state index contributed by atoms with van der Waals surface area (Å²) in [5.74, 6) is -0.483. The quantitative estimate of drug-likeness (QED) is 0.683. The number of rotatable bonds is 8. The summed E-state index contributed by atoms with van der Waals surface area (Å²) in [5.41, 5.74) is 1.32. The summed E-state index contributed by atoms with van der Waals surface area (Å²) in [5, 5.41) is 4.63. The minimum atomic E-state index is -0.697. The highest BCUT2D eigenvalue weighted by Gasteiger charge is 2.12. The van der Waals surface area contributed by atoms with Gasteiger partial charge in [-0.2, -0.15) is 0 Å². The number of amides is 3. The van der Waals surface area contributed by atoms with Crippen LogP contribution in [0.25, 0.3) is 0 Å².